The minimum atomic E-state index is -1.16. The van der Waals surface area contributed by atoms with Gasteiger partial charge in [0.25, 0.3) is 0 Å². The number of anilines is 1. The molecule has 6 heteroatoms. The van der Waals surface area contributed by atoms with Gasteiger partial charge in [-0.2, -0.15) is 0 Å². The van der Waals surface area contributed by atoms with Crippen molar-refractivity contribution in [2.75, 3.05) is 12.4 Å². The summed E-state index contributed by atoms with van der Waals surface area (Å²) in [6.45, 7) is 1.83. The summed E-state index contributed by atoms with van der Waals surface area (Å²) in [5.74, 6) is -0.899. The summed E-state index contributed by atoms with van der Waals surface area (Å²) in [5.41, 5.74) is 1.56. The second-order valence-electron chi connectivity index (χ2n) is 4.88. The Balaban J connectivity index is 2.15. The highest BCUT2D eigenvalue weighted by Gasteiger charge is 2.18. The normalized spacial score (nSPS) is 10.0. The predicted molar refractivity (Wildman–Crippen MR) is 84.9 cm³/mol. The smallest absolute Gasteiger partial charge is 0.412 e. The molecule has 0 aliphatic heterocycles. The van der Waals surface area contributed by atoms with Crippen LogP contribution in [0, 0.1) is 6.92 Å². The molecule has 6 nitrogen and oxygen atoms in total. The van der Waals surface area contributed by atoms with Crippen molar-refractivity contribution in [3.63, 3.8) is 0 Å². The number of hydrogen-bond donors (Lipinski definition) is 2. The number of carbonyl (C=O) groups is 2. The average molecular weight is 315 g/mol. The highest BCUT2D eigenvalue weighted by atomic mass is 16.5. The number of amides is 1. The highest BCUT2D eigenvalue weighted by Crippen LogP contribution is 2.30. The summed E-state index contributed by atoms with van der Waals surface area (Å²) < 4.78 is 10.2. The molecule has 2 rings (SSSR count). The summed E-state index contributed by atoms with van der Waals surface area (Å²) >= 11 is 0. The summed E-state index contributed by atoms with van der Waals surface area (Å²) in [7, 11) is 1.40. The molecule has 2 aromatic carbocycles. The molecule has 23 heavy (non-hydrogen) atoms. The van der Waals surface area contributed by atoms with Gasteiger partial charge < -0.3 is 14.6 Å². The van der Waals surface area contributed by atoms with Crippen LogP contribution < -0.4 is 10.1 Å². The monoisotopic (exact) mass is 315 g/mol. The molecular weight excluding hydrogens is 298 g/mol. The molecule has 2 N–H and O–H groups in total. The number of aryl methyl sites for hydroxylation is 1. The summed E-state index contributed by atoms with van der Waals surface area (Å²) in [6, 6.07) is 12.3. The number of nitrogens with one attached hydrogen (secondary N) is 1. The first-order valence-electron chi connectivity index (χ1n) is 6.91. The van der Waals surface area contributed by atoms with Crippen molar-refractivity contribution in [3.05, 3.63) is 59.2 Å². The third-order valence-corrected chi connectivity index (χ3v) is 3.14. The Kier molecular flexibility index (Phi) is 5.19. The number of carboxylic acids is 1. The zero-order valence-electron chi connectivity index (χ0n) is 12.8. The Morgan fingerprint density at radius 3 is 2.48 bits per heavy atom. The second-order valence-corrected chi connectivity index (χ2v) is 4.88. The molecule has 0 aromatic heterocycles. The molecule has 0 unspecified atom stereocenters. The summed E-state index contributed by atoms with van der Waals surface area (Å²) in [6.07, 6.45) is -0.751. The van der Waals surface area contributed by atoms with Gasteiger partial charge in [0.2, 0.25) is 0 Å². The van der Waals surface area contributed by atoms with E-state index in [1.54, 1.807) is 13.0 Å². The van der Waals surface area contributed by atoms with E-state index >= 15 is 0 Å². The third-order valence-electron chi connectivity index (χ3n) is 3.14. The van der Waals surface area contributed by atoms with Crippen molar-refractivity contribution in [1.29, 1.82) is 0 Å². The average Bonchev–Trinajstić information content (AvgIpc) is 2.54. The Hall–Kier alpha value is -3.02. The van der Waals surface area contributed by atoms with E-state index < -0.39 is 12.1 Å². The summed E-state index contributed by atoms with van der Waals surface area (Å²) in [5, 5.41) is 11.7. The lowest BCUT2D eigenvalue weighted by Crippen LogP contribution is -2.17. The van der Waals surface area contributed by atoms with Crippen LogP contribution in [0.15, 0.2) is 42.5 Å². The van der Waals surface area contributed by atoms with Gasteiger partial charge in [0.15, 0.2) is 0 Å². The van der Waals surface area contributed by atoms with Crippen LogP contribution >= 0.6 is 0 Å². The lowest BCUT2D eigenvalue weighted by atomic mass is 10.1. The van der Waals surface area contributed by atoms with Gasteiger partial charge in [-0.15, -0.1) is 0 Å². The van der Waals surface area contributed by atoms with Gasteiger partial charge in [-0.25, -0.2) is 9.59 Å². The second kappa shape index (κ2) is 7.31. The Morgan fingerprint density at radius 2 is 1.87 bits per heavy atom. The number of hydrogen-bond acceptors (Lipinski definition) is 4. The third kappa shape index (κ3) is 4.23. The molecule has 0 aliphatic carbocycles. The van der Waals surface area contributed by atoms with Crippen molar-refractivity contribution in [2.45, 2.75) is 13.5 Å². The van der Waals surface area contributed by atoms with E-state index in [4.69, 9.17) is 9.47 Å². The largest absolute Gasteiger partial charge is 0.495 e. The van der Waals surface area contributed by atoms with Crippen molar-refractivity contribution >= 4 is 17.7 Å². The molecule has 0 fully saturated rings. The number of carboxylic acid groups (broad SMARTS) is 1. The molecule has 0 atom stereocenters. The van der Waals surface area contributed by atoms with E-state index in [0.29, 0.717) is 5.56 Å². The zero-order valence-corrected chi connectivity index (χ0v) is 12.8. The molecule has 0 saturated heterocycles. The van der Waals surface area contributed by atoms with Gasteiger partial charge in [-0.1, -0.05) is 30.3 Å². The van der Waals surface area contributed by atoms with Crippen LogP contribution in [0.25, 0.3) is 0 Å². The first-order chi connectivity index (χ1) is 11.0. The molecule has 0 radical (unpaired) electrons. The van der Waals surface area contributed by atoms with Gasteiger partial charge in [0, 0.05) is 0 Å². The zero-order chi connectivity index (χ0) is 16.8. The maximum absolute atomic E-state index is 11.9. The molecule has 2 aromatic rings. The Morgan fingerprint density at radius 1 is 1.17 bits per heavy atom. The van der Waals surface area contributed by atoms with Crippen molar-refractivity contribution in [3.8, 4) is 5.75 Å². The fraction of sp³-hybridized carbons (Fsp3) is 0.176. The SMILES string of the molecule is COc1cc(C)cc(C(=O)O)c1NC(=O)OCc1ccccc1. The fourth-order valence-corrected chi connectivity index (χ4v) is 2.07. The number of carbonyl (C=O) groups excluding carboxylic acids is 1. The van der Waals surface area contributed by atoms with Crippen molar-refractivity contribution in [1.82, 2.24) is 0 Å². The fourth-order valence-electron chi connectivity index (χ4n) is 2.07. The Bertz CT molecular complexity index is 712. The quantitative estimate of drug-likeness (QED) is 0.882. The van der Waals surface area contributed by atoms with Crippen LogP contribution in [-0.2, 0) is 11.3 Å². The van der Waals surface area contributed by atoms with E-state index in [1.807, 2.05) is 30.3 Å². The number of aromatic carboxylic acids is 1. The molecule has 0 spiro atoms. The van der Waals surface area contributed by atoms with Crippen molar-refractivity contribution < 1.29 is 24.2 Å². The lowest BCUT2D eigenvalue weighted by Gasteiger charge is -2.14. The minimum absolute atomic E-state index is 0.0569. The molecule has 0 heterocycles. The number of rotatable bonds is 5. The van der Waals surface area contributed by atoms with Crippen LogP contribution in [0.2, 0.25) is 0 Å². The van der Waals surface area contributed by atoms with E-state index in [9.17, 15) is 14.7 Å². The van der Waals surface area contributed by atoms with Gasteiger partial charge in [-0.05, 0) is 30.2 Å². The maximum atomic E-state index is 11.9. The predicted octanol–water partition coefficient (Wildman–Crippen LogP) is 3.45. The van der Waals surface area contributed by atoms with Crippen molar-refractivity contribution in [2.24, 2.45) is 0 Å². The minimum Gasteiger partial charge on any atom is -0.495 e. The summed E-state index contributed by atoms with van der Waals surface area (Å²) in [4.78, 5) is 23.3. The maximum Gasteiger partial charge on any atom is 0.412 e. The molecule has 1 amide bonds. The van der Waals surface area contributed by atoms with E-state index in [2.05, 4.69) is 5.32 Å². The standard InChI is InChI=1S/C17H17NO5/c1-11-8-13(16(19)20)15(14(9-11)22-2)18-17(21)23-10-12-6-4-3-5-7-12/h3-9H,10H2,1-2H3,(H,18,21)(H,19,20). The van der Waals surface area contributed by atoms with Gasteiger partial charge >= 0.3 is 12.1 Å². The number of methoxy groups -OCH3 is 1. The molecule has 0 aliphatic rings. The van der Waals surface area contributed by atoms with Crippen LogP contribution in [0.4, 0.5) is 10.5 Å². The van der Waals surface area contributed by atoms with Crippen LogP contribution in [-0.4, -0.2) is 24.3 Å². The molecule has 120 valence electrons. The van der Waals surface area contributed by atoms with Crippen LogP contribution in [0.5, 0.6) is 5.75 Å². The highest BCUT2D eigenvalue weighted by molar-refractivity contribution is 6.01. The first kappa shape index (κ1) is 16.4. The topological polar surface area (TPSA) is 84.9 Å². The van der Waals surface area contributed by atoms with Crippen LogP contribution in [0.1, 0.15) is 21.5 Å². The molecular formula is C17H17NO5. The van der Waals surface area contributed by atoms with Gasteiger partial charge in [-0.3, -0.25) is 5.32 Å². The van der Waals surface area contributed by atoms with E-state index in [-0.39, 0.29) is 23.6 Å². The van der Waals surface area contributed by atoms with E-state index in [1.165, 1.54) is 13.2 Å². The number of benzene rings is 2. The van der Waals surface area contributed by atoms with Gasteiger partial charge in [0.05, 0.1) is 12.7 Å². The molecule has 0 saturated carbocycles. The molecule has 0 bridgehead atoms. The Labute approximate surface area is 133 Å². The number of ether oxygens (including phenoxy) is 2. The lowest BCUT2D eigenvalue weighted by molar-refractivity contribution is 0.0697. The van der Waals surface area contributed by atoms with E-state index in [0.717, 1.165) is 5.56 Å². The van der Waals surface area contributed by atoms with Crippen LogP contribution in [0.3, 0.4) is 0 Å². The van der Waals surface area contributed by atoms with Gasteiger partial charge in [0.1, 0.15) is 18.0 Å². The first-order valence-corrected chi connectivity index (χ1v) is 6.91.